The molecule has 0 amide bonds. The molecule has 0 aliphatic carbocycles. The minimum absolute atomic E-state index is 0.0000756. The molecule has 4 nitrogen and oxygen atoms in total. The van der Waals surface area contributed by atoms with Crippen LogP contribution in [0, 0.1) is 5.82 Å². The van der Waals surface area contributed by atoms with E-state index in [-0.39, 0.29) is 23.6 Å². The molecular weight excluding hydrogens is 347 g/mol. The Kier molecular flexibility index (Phi) is 8.49. The molecule has 2 aromatic rings. The average Bonchev–Trinajstić information content (AvgIpc) is 2.69. The predicted octanol–water partition coefficient (Wildman–Crippen LogP) is 5.31. The first-order valence-corrected chi connectivity index (χ1v) is 9.29. The molecule has 5 heteroatoms. The Morgan fingerprint density at radius 2 is 1.41 bits per heavy atom. The third-order valence-corrected chi connectivity index (χ3v) is 4.13. The summed E-state index contributed by atoms with van der Waals surface area (Å²) in [7, 11) is 0. The first-order chi connectivity index (χ1) is 13.1. The van der Waals surface area contributed by atoms with E-state index in [9.17, 15) is 14.0 Å². The van der Waals surface area contributed by atoms with Crippen LogP contribution in [0.15, 0.2) is 48.5 Å². The van der Waals surface area contributed by atoms with E-state index in [2.05, 4.69) is 6.92 Å². The van der Waals surface area contributed by atoms with E-state index in [4.69, 9.17) is 9.47 Å². The first kappa shape index (κ1) is 20.6. The van der Waals surface area contributed by atoms with Crippen molar-refractivity contribution >= 4 is 11.9 Å². The minimum Gasteiger partial charge on any atom is -0.462 e. The Labute approximate surface area is 159 Å². The Morgan fingerprint density at radius 3 is 2.04 bits per heavy atom. The van der Waals surface area contributed by atoms with Crippen molar-refractivity contribution in [2.75, 3.05) is 6.61 Å². The second kappa shape index (κ2) is 11.1. The molecule has 0 atom stereocenters. The van der Waals surface area contributed by atoms with Crippen LogP contribution in [0.3, 0.4) is 0 Å². The summed E-state index contributed by atoms with van der Waals surface area (Å²) in [4.78, 5) is 24.7. The third-order valence-electron chi connectivity index (χ3n) is 4.13. The van der Waals surface area contributed by atoms with Crippen LogP contribution in [-0.2, 0) is 16.1 Å². The molecule has 0 N–H and O–H groups in total. The summed E-state index contributed by atoms with van der Waals surface area (Å²) >= 11 is 0. The molecule has 0 fully saturated rings. The molecular formula is C22H25FO4. The van der Waals surface area contributed by atoms with Crippen LogP contribution >= 0.6 is 0 Å². The van der Waals surface area contributed by atoms with Gasteiger partial charge in [-0.3, -0.25) is 0 Å². The van der Waals surface area contributed by atoms with Gasteiger partial charge in [0.25, 0.3) is 0 Å². The minimum atomic E-state index is -0.616. The highest BCUT2D eigenvalue weighted by molar-refractivity contribution is 6.03. The monoisotopic (exact) mass is 372 g/mol. The molecule has 0 aromatic heterocycles. The third kappa shape index (κ3) is 6.85. The van der Waals surface area contributed by atoms with Crippen LogP contribution < -0.4 is 0 Å². The summed E-state index contributed by atoms with van der Waals surface area (Å²) in [6, 6.07) is 12.1. The molecule has 2 aromatic carbocycles. The van der Waals surface area contributed by atoms with Gasteiger partial charge in [-0.1, -0.05) is 56.9 Å². The number of ether oxygens (including phenoxy) is 2. The average molecular weight is 372 g/mol. The number of halogens is 1. The lowest BCUT2D eigenvalue weighted by Crippen LogP contribution is -2.14. The van der Waals surface area contributed by atoms with Gasteiger partial charge in [-0.15, -0.1) is 0 Å². The molecule has 0 bridgehead atoms. The molecule has 0 saturated heterocycles. The normalized spacial score (nSPS) is 10.4. The van der Waals surface area contributed by atoms with Gasteiger partial charge >= 0.3 is 11.9 Å². The highest BCUT2D eigenvalue weighted by Gasteiger charge is 2.19. The lowest BCUT2D eigenvalue weighted by Gasteiger charge is -2.10. The van der Waals surface area contributed by atoms with Gasteiger partial charge in [-0.2, -0.15) is 0 Å². The fourth-order valence-corrected chi connectivity index (χ4v) is 2.59. The highest BCUT2D eigenvalue weighted by Crippen LogP contribution is 2.14. The maximum atomic E-state index is 12.9. The van der Waals surface area contributed by atoms with Crippen molar-refractivity contribution in [2.45, 2.75) is 45.6 Å². The zero-order chi connectivity index (χ0) is 19.5. The van der Waals surface area contributed by atoms with Gasteiger partial charge in [0.2, 0.25) is 0 Å². The van der Waals surface area contributed by atoms with Crippen LogP contribution in [0.1, 0.15) is 65.3 Å². The lowest BCUT2D eigenvalue weighted by molar-refractivity contribution is 0.0436. The van der Waals surface area contributed by atoms with Gasteiger partial charge in [0.05, 0.1) is 17.7 Å². The van der Waals surface area contributed by atoms with Gasteiger partial charge in [0.15, 0.2) is 0 Å². The van der Waals surface area contributed by atoms with Crippen molar-refractivity contribution in [1.82, 2.24) is 0 Å². The summed E-state index contributed by atoms with van der Waals surface area (Å²) in [5, 5.41) is 0. The van der Waals surface area contributed by atoms with Gasteiger partial charge in [-0.25, -0.2) is 14.0 Å². The lowest BCUT2D eigenvalue weighted by atomic mass is 10.1. The molecule has 0 heterocycles. The smallest absolute Gasteiger partial charge is 0.339 e. The van der Waals surface area contributed by atoms with E-state index in [1.165, 1.54) is 24.6 Å². The van der Waals surface area contributed by atoms with Crippen LogP contribution in [0.2, 0.25) is 0 Å². The Morgan fingerprint density at radius 1 is 0.815 bits per heavy atom. The van der Waals surface area contributed by atoms with Gasteiger partial charge in [0.1, 0.15) is 12.4 Å². The summed E-state index contributed by atoms with van der Waals surface area (Å²) in [5.41, 5.74) is 1.02. The fourth-order valence-electron chi connectivity index (χ4n) is 2.59. The number of carbonyl (C=O) groups excluding carboxylic acids is 2. The van der Waals surface area contributed by atoms with Gasteiger partial charge in [0, 0.05) is 0 Å². The topological polar surface area (TPSA) is 52.6 Å². The molecule has 27 heavy (non-hydrogen) atoms. The second-order valence-electron chi connectivity index (χ2n) is 6.30. The highest BCUT2D eigenvalue weighted by atomic mass is 19.1. The molecule has 0 radical (unpaired) electrons. The summed E-state index contributed by atoms with van der Waals surface area (Å²) < 4.78 is 23.5. The van der Waals surface area contributed by atoms with Gasteiger partial charge < -0.3 is 9.47 Å². The molecule has 0 saturated carbocycles. The molecule has 2 rings (SSSR count). The number of benzene rings is 2. The molecule has 0 unspecified atom stereocenters. The van der Waals surface area contributed by atoms with E-state index < -0.39 is 11.9 Å². The predicted molar refractivity (Wildman–Crippen MR) is 101 cm³/mol. The SMILES string of the molecule is CCCCCCCOC(=O)c1ccccc1C(=O)OCc1ccc(F)cc1. The van der Waals surface area contributed by atoms with Crippen molar-refractivity contribution in [3.8, 4) is 0 Å². The molecule has 0 aliphatic rings. The number of unbranched alkanes of at least 4 members (excludes halogenated alkanes) is 4. The summed E-state index contributed by atoms with van der Waals surface area (Å²) in [6.45, 7) is 2.48. The number of carbonyl (C=O) groups is 2. The van der Waals surface area contributed by atoms with E-state index in [1.807, 2.05) is 0 Å². The van der Waals surface area contributed by atoms with Crippen molar-refractivity contribution < 1.29 is 23.5 Å². The van der Waals surface area contributed by atoms with Crippen molar-refractivity contribution in [3.05, 3.63) is 71.0 Å². The quantitative estimate of drug-likeness (QED) is 0.419. The fraction of sp³-hybridized carbons (Fsp3) is 0.364. The number of esters is 2. The number of hydrogen-bond donors (Lipinski definition) is 0. The zero-order valence-electron chi connectivity index (χ0n) is 15.6. The Balaban J connectivity index is 1.90. The maximum absolute atomic E-state index is 12.9. The standard InChI is InChI=1S/C22H25FO4/c1-2-3-4-5-8-15-26-21(24)19-9-6-7-10-20(19)22(25)27-16-17-11-13-18(23)14-12-17/h6-7,9-14H,2-5,8,15-16H2,1H3. The van der Waals surface area contributed by atoms with E-state index in [0.29, 0.717) is 12.2 Å². The van der Waals surface area contributed by atoms with Crippen molar-refractivity contribution in [2.24, 2.45) is 0 Å². The van der Waals surface area contributed by atoms with Crippen LogP contribution in [0.25, 0.3) is 0 Å². The van der Waals surface area contributed by atoms with E-state index in [1.54, 1.807) is 30.3 Å². The van der Waals surface area contributed by atoms with E-state index in [0.717, 1.165) is 25.7 Å². The number of hydrogen-bond acceptors (Lipinski definition) is 4. The van der Waals surface area contributed by atoms with Crippen molar-refractivity contribution in [1.29, 1.82) is 0 Å². The Hall–Kier alpha value is -2.69. The van der Waals surface area contributed by atoms with Crippen LogP contribution in [0.5, 0.6) is 0 Å². The van der Waals surface area contributed by atoms with Crippen molar-refractivity contribution in [3.63, 3.8) is 0 Å². The zero-order valence-corrected chi connectivity index (χ0v) is 15.6. The van der Waals surface area contributed by atoms with E-state index >= 15 is 0 Å². The first-order valence-electron chi connectivity index (χ1n) is 9.29. The molecule has 0 aliphatic heterocycles. The van der Waals surface area contributed by atoms with Crippen LogP contribution in [-0.4, -0.2) is 18.5 Å². The molecule has 0 spiro atoms. The maximum Gasteiger partial charge on any atom is 0.339 e. The molecule has 144 valence electrons. The summed E-state index contributed by atoms with van der Waals surface area (Å²) in [5.74, 6) is -1.50. The summed E-state index contributed by atoms with van der Waals surface area (Å²) in [6.07, 6.45) is 5.29. The van der Waals surface area contributed by atoms with Gasteiger partial charge in [-0.05, 0) is 36.2 Å². The number of rotatable bonds is 10. The van der Waals surface area contributed by atoms with Crippen LogP contribution in [0.4, 0.5) is 4.39 Å². The second-order valence-corrected chi connectivity index (χ2v) is 6.30. The Bertz CT molecular complexity index is 740. The largest absolute Gasteiger partial charge is 0.462 e.